The van der Waals surface area contributed by atoms with Gasteiger partial charge in [-0.2, -0.15) is 23.8 Å². The number of hydrogen-bond acceptors (Lipinski definition) is 0. The maximum Gasteiger partial charge on any atom is 3.00 e. The standard InChI is InChI=1S/2C14H16N2.2C6H18NSi2.2Er/c2*1-10-7-11(2)14(12(3)8-10)16-9-13-5-4-6-15-13;2*1-8(2,3)7-9(4,5)6;;/h2*4-8H,9H2,1-3H3;2*1-6H3;;/q2*-2;2*-1;2*+3. The molecule has 0 aliphatic carbocycles. The van der Waals surface area contributed by atoms with Crippen LogP contribution < -0.4 is 9.97 Å². The van der Waals surface area contributed by atoms with Gasteiger partial charge in [-0.05, 0) is 41.5 Å². The Labute approximate surface area is 383 Å². The molecule has 0 aliphatic rings. The van der Waals surface area contributed by atoms with Gasteiger partial charge in [0.25, 0.3) is 0 Å². The molecular formula is C40H68Er2N6Si4. The van der Waals surface area contributed by atoms with E-state index in [2.05, 4.69) is 165 Å². The molecule has 2 aromatic carbocycles. The zero-order valence-electron chi connectivity index (χ0n) is 35.4. The van der Waals surface area contributed by atoms with Crippen molar-refractivity contribution in [1.29, 1.82) is 0 Å². The number of benzene rings is 2. The Balaban J connectivity index is 0. The van der Waals surface area contributed by atoms with Gasteiger partial charge in [0.1, 0.15) is 0 Å². The molecule has 52 heavy (non-hydrogen) atoms. The molecular weight excluding hydrogens is 1010 g/mol. The van der Waals surface area contributed by atoms with Gasteiger partial charge in [0.15, 0.2) is 0 Å². The summed E-state index contributed by atoms with van der Waals surface area (Å²) in [7, 11) is -4.42. The molecule has 0 bridgehead atoms. The van der Waals surface area contributed by atoms with E-state index in [1.165, 1.54) is 33.4 Å². The third-order valence-corrected chi connectivity index (χ3v) is 17.4. The zero-order valence-corrected chi connectivity index (χ0v) is 43.2. The van der Waals surface area contributed by atoms with Gasteiger partial charge in [0, 0.05) is 0 Å². The summed E-state index contributed by atoms with van der Waals surface area (Å²) in [5, 5.41) is 9.25. The summed E-state index contributed by atoms with van der Waals surface area (Å²) in [6.07, 6.45) is 3.61. The van der Waals surface area contributed by atoms with Gasteiger partial charge in [-0.25, -0.2) is 0 Å². The summed E-state index contributed by atoms with van der Waals surface area (Å²) in [5.74, 6) is 0. The Kier molecular flexibility index (Phi) is 25.4. The molecule has 0 atom stereocenters. The van der Waals surface area contributed by atoms with Crippen LogP contribution in [-0.2, 0) is 13.1 Å². The number of aryl methyl sites for hydroxylation is 6. The van der Waals surface area contributed by atoms with Gasteiger partial charge in [-0.15, -0.1) is 24.5 Å². The van der Waals surface area contributed by atoms with E-state index in [1.54, 1.807) is 12.4 Å². The van der Waals surface area contributed by atoms with E-state index < -0.39 is 32.9 Å². The average Bonchev–Trinajstić information content (AvgIpc) is 3.59. The molecule has 4 aromatic rings. The second kappa shape index (κ2) is 24.5. The minimum atomic E-state index is -1.11. The molecule has 0 fully saturated rings. The van der Waals surface area contributed by atoms with Crippen molar-refractivity contribution in [2.75, 3.05) is 0 Å². The van der Waals surface area contributed by atoms with Crippen LogP contribution in [-0.4, -0.2) is 32.9 Å². The predicted octanol–water partition coefficient (Wildman–Crippen LogP) is 13.6. The van der Waals surface area contributed by atoms with E-state index >= 15 is 0 Å². The van der Waals surface area contributed by atoms with Gasteiger partial charge in [-0.1, -0.05) is 193 Å². The smallest absolute Gasteiger partial charge is 0.682 e. The minimum absolute atomic E-state index is 0. The molecule has 2 heterocycles. The van der Waals surface area contributed by atoms with Crippen molar-refractivity contribution >= 4 is 44.3 Å². The second-order valence-corrected chi connectivity index (χ2v) is 36.4. The molecule has 2 aromatic heterocycles. The second-order valence-electron chi connectivity index (χ2n) is 17.3. The van der Waals surface area contributed by atoms with E-state index in [-0.39, 0.29) is 74.6 Å². The van der Waals surface area contributed by atoms with E-state index in [9.17, 15) is 0 Å². The van der Waals surface area contributed by atoms with Crippen molar-refractivity contribution in [3.63, 3.8) is 0 Å². The molecule has 4 rings (SSSR count). The first-order valence-corrected chi connectivity index (χ1v) is 31.7. The van der Waals surface area contributed by atoms with Crippen molar-refractivity contribution in [2.24, 2.45) is 0 Å². The fourth-order valence-electron chi connectivity index (χ4n) is 6.04. The van der Waals surface area contributed by atoms with Crippen molar-refractivity contribution in [1.82, 2.24) is 9.97 Å². The molecule has 0 spiro atoms. The molecule has 0 amide bonds. The van der Waals surface area contributed by atoms with Gasteiger partial charge < -0.3 is 29.9 Å². The van der Waals surface area contributed by atoms with Crippen LogP contribution in [0.5, 0.6) is 0 Å². The van der Waals surface area contributed by atoms with E-state index in [0.29, 0.717) is 13.1 Å². The van der Waals surface area contributed by atoms with Crippen LogP contribution in [0.25, 0.3) is 19.9 Å². The molecule has 2 radical (unpaired) electrons. The molecule has 298 valence electrons. The first kappa shape index (κ1) is 54.0. The summed E-state index contributed by atoms with van der Waals surface area (Å²) >= 11 is 0. The van der Waals surface area contributed by atoms with Gasteiger partial charge in [0.05, 0.1) is 0 Å². The summed E-state index contributed by atoms with van der Waals surface area (Å²) in [6, 6.07) is 16.6. The molecule has 0 saturated heterocycles. The molecule has 12 heteroatoms. The van der Waals surface area contributed by atoms with E-state index in [0.717, 1.165) is 22.8 Å². The number of nitrogens with zero attached hydrogens (tertiary/aromatic N) is 6. The Hall–Kier alpha value is -0.119. The van der Waals surface area contributed by atoms with Crippen molar-refractivity contribution in [3.8, 4) is 0 Å². The topological polar surface area (TPSA) is 84.6 Å². The van der Waals surface area contributed by atoms with Crippen LogP contribution in [0.4, 0.5) is 11.4 Å². The molecule has 0 unspecified atom stereocenters. The van der Waals surface area contributed by atoms with Crippen LogP contribution >= 0.6 is 0 Å². The Morgan fingerprint density at radius 3 is 0.865 bits per heavy atom. The fraction of sp³-hybridized carbons (Fsp3) is 0.500. The van der Waals surface area contributed by atoms with Crippen molar-refractivity contribution in [2.45, 2.75) is 133 Å². The molecule has 6 nitrogen and oxygen atoms in total. The van der Waals surface area contributed by atoms with Crippen molar-refractivity contribution < 1.29 is 74.6 Å². The summed E-state index contributed by atoms with van der Waals surface area (Å²) in [4.78, 5) is 8.43. The summed E-state index contributed by atoms with van der Waals surface area (Å²) in [6.45, 7) is 41.6. The summed E-state index contributed by atoms with van der Waals surface area (Å²) < 4.78 is 9.64. The van der Waals surface area contributed by atoms with Crippen LogP contribution in [0, 0.1) is 116 Å². The third kappa shape index (κ3) is 25.9. The SMILES string of the molecule is C[Si](C)(C)[N-][Si](C)(C)C.C[Si](C)(C)[N-][Si](C)(C)C.Cc1cc(C)c([N-]Cc2ccc[n-]2)c(C)c1.Cc1cc(C)c([N-]Cc2ccc[n-]2)c(C)c1.[Er+3].[Er+3]. The minimum Gasteiger partial charge on any atom is -0.682 e. The first-order valence-electron chi connectivity index (χ1n) is 17.9. The average molecular weight is 1080 g/mol. The van der Waals surface area contributed by atoms with Crippen LogP contribution in [0.2, 0.25) is 78.6 Å². The predicted molar refractivity (Wildman–Crippen MR) is 234 cm³/mol. The normalized spacial score (nSPS) is 11.3. The number of aromatic nitrogens is 2. The maximum atomic E-state index is 4.82. The first-order chi connectivity index (χ1) is 22.7. The van der Waals surface area contributed by atoms with Crippen LogP contribution in [0.15, 0.2) is 60.9 Å². The largest absolute Gasteiger partial charge is 3.00 e. The Morgan fingerprint density at radius 2 is 0.692 bits per heavy atom. The van der Waals surface area contributed by atoms with Gasteiger partial charge in [-0.3, -0.25) is 0 Å². The van der Waals surface area contributed by atoms with Gasteiger partial charge in [0.2, 0.25) is 0 Å². The zero-order chi connectivity index (χ0) is 38.5. The number of rotatable bonds is 10. The third-order valence-electron chi connectivity index (χ3n) is 6.64. The molecule has 0 N–H and O–H groups in total. The quantitative estimate of drug-likeness (QED) is 0.148. The van der Waals surface area contributed by atoms with E-state index in [4.69, 9.17) is 9.30 Å². The van der Waals surface area contributed by atoms with Gasteiger partial charge >= 0.3 is 74.6 Å². The monoisotopic (exact) mass is 1080 g/mol. The fourth-order valence-corrected chi connectivity index (χ4v) is 22.1. The molecule has 0 aliphatic heterocycles. The Bertz CT molecular complexity index is 1360. The van der Waals surface area contributed by atoms with Crippen LogP contribution in [0.3, 0.4) is 0 Å². The Morgan fingerprint density at radius 1 is 0.442 bits per heavy atom. The summed E-state index contributed by atoms with van der Waals surface area (Å²) in [5.41, 5.74) is 11.8. The maximum absolute atomic E-state index is 4.82. The van der Waals surface area contributed by atoms with Crippen LogP contribution in [0.1, 0.15) is 44.8 Å². The van der Waals surface area contributed by atoms with Crippen molar-refractivity contribution in [3.05, 3.63) is 126 Å². The molecule has 0 saturated carbocycles. The number of hydrogen-bond donors (Lipinski definition) is 0. The van der Waals surface area contributed by atoms with E-state index in [1.807, 2.05) is 24.3 Å².